The highest BCUT2D eigenvalue weighted by molar-refractivity contribution is 5.78. The van der Waals surface area contributed by atoms with Gasteiger partial charge in [0, 0.05) is 44.1 Å². The van der Waals surface area contributed by atoms with Crippen molar-refractivity contribution in [3.05, 3.63) is 18.1 Å². The summed E-state index contributed by atoms with van der Waals surface area (Å²) < 4.78 is 1.86. The standard InChI is InChI=1S/C22H31N7O/c1-26(2)12-20-16-8-15(18-4-3-5-21(30)29(18)20)10-27(11-16)19-9-17(14-6-7-14)25-28-13-23-24-22(19)28/h9,13-16,18,20H,3-8,10-12H2,1-2H3/t15-,16+,18+,20+/m1/s1. The molecule has 8 nitrogen and oxygen atoms in total. The van der Waals surface area contributed by atoms with Crippen LogP contribution < -0.4 is 4.90 Å². The van der Waals surface area contributed by atoms with Crippen molar-refractivity contribution in [2.75, 3.05) is 38.6 Å². The van der Waals surface area contributed by atoms with Crippen LogP contribution in [0, 0.1) is 11.8 Å². The van der Waals surface area contributed by atoms with Gasteiger partial charge in [-0.15, -0.1) is 10.2 Å². The molecule has 1 saturated carbocycles. The summed E-state index contributed by atoms with van der Waals surface area (Å²) in [6.07, 6.45) is 8.32. The second-order valence-electron chi connectivity index (χ2n) is 10.1. The molecule has 4 fully saturated rings. The third-order valence-electron chi connectivity index (χ3n) is 7.65. The molecule has 4 aliphatic rings. The number of hydrogen-bond donors (Lipinski definition) is 0. The minimum atomic E-state index is 0.301. The first-order valence-corrected chi connectivity index (χ1v) is 11.5. The zero-order valence-electron chi connectivity index (χ0n) is 17.9. The van der Waals surface area contributed by atoms with Gasteiger partial charge in [0.1, 0.15) is 6.33 Å². The van der Waals surface area contributed by atoms with Gasteiger partial charge in [-0.3, -0.25) is 4.79 Å². The Morgan fingerprint density at radius 2 is 2.00 bits per heavy atom. The third-order valence-corrected chi connectivity index (χ3v) is 7.65. The van der Waals surface area contributed by atoms with Crippen LogP contribution in [0.2, 0.25) is 0 Å². The van der Waals surface area contributed by atoms with Gasteiger partial charge in [0.2, 0.25) is 11.6 Å². The number of aromatic nitrogens is 4. The molecule has 4 atom stereocenters. The topological polar surface area (TPSA) is 69.9 Å². The van der Waals surface area contributed by atoms with Crippen molar-refractivity contribution in [1.29, 1.82) is 0 Å². The zero-order chi connectivity index (χ0) is 20.4. The average Bonchev–Trinajstić information content (AvgIpc) is 3.47. The number of amides is 1. The maximum absolute atomic E-state index is 12.9. The van der Waals surface area contributed by atoms with E-state index in [1.54, 1.807) is 6.33 Å². The van der Waals surface area contributed by atoms with Crippen molar-refractivity contribution in [2.45, 2.75) is 56.5 Å². The molecule has 2 aromatic rings. The number of rotatable bonds is 4. The molecule has 0 N–H and O–H groups in total. The van der Waals surface area contributed by atoms with Gasteiger partial charge in [0.15, 0.2) is 0 Å². The van der Waals surface area contributed by atoms with Gasteiger partial charge in [0.25, 0.3) is 0 Å². The summed E-state index contributed by atoms with van der Waals surface area (Å²) in [5.41, 5.74) is 3.21. The van der Waals surface area contributed by atoms with Crippen LogP contribution in [0.15, 0.2) is 12.4 Å². The molecule has 0 spiro atoms. The lowest BCUT2D eigenvalue weighted by molar-refractivity contribution is -0.149. The maximum atomic E-state index is 12.9. The molecule has 0 unspecified atom stereocenters. The van der Waals surface area contributed by atoms with Crippen LogP contribution in [0.4, 0.5) is 5.69 Å². The fraction of sp³-hybridized carbons (Fsp3) is 0.727. The van der Waals surface area contributed by atoms with Crippen LogP contribution in [0.5, 0.6) is 0 Å². The van der Waals surface area contributed by atoms with Gasteiger partial charge in [-0.05, 0) is 64.1 Å². The molecule has 8 heteroatoms. The Morgan fingerprint density at radius 3 is 2.80 bits per heavy atom. The smallest absolute Gasteiger partial charge is 0.223 e. The summed E-state index contributed by atoms with van der Waals surface area (Å²) in [6.45, 7) is 2.91. The van der Waals surface area contributed by atoms with Gasteiger partial charge in [-0.25, -0.2) is 0 Å². The zero-order valence-corrected chi connectivity index (χ0v) is 17.9. The quantitative estimate of drug-likeness (QED) is 0.767. The van der Waals surface area contributed by atoms with Crippen molar-refractivity contribution < 1.29 is 4.79 Å². The Morgan fingerprint density at radius 1 is 1.17 bits per heavy atom. The molecule has 3 aliphatic heterocycles. The number of piperidine rings is 3. The summed E-state index contributed by atoms with van der Waals surface area (Å²) in [7, 11) is 4.25. The number of likely N-dealkylation sites (N-methyl/N-ethyl adjacent to an activating group) is 1. The summed E-state index contributed by atoms with van der Waals surface area (Å²) in [4.78, 5) is 20.0. The molecule has 3 saturated heterocycles. The second-order valence-corrected chi connectivity index (χ2v) is 10.1. The van der Waals surface area contributed by atoms with Crippen molar-refractivity contribution in [3.63, 3.8) is 0 Å². The number of anilines is 1. The van der Waals surface area contributed by atoms with Crippen LogP contribution >= 0.6 is 0 Å². The van der Waals surface area contributed by atoms with E-state index < -0.39 is 0 Å². The van der Waals surface area contributed by atoms with Crippen LogP contribution in [-0.4, -0.2) is 81.3 Å². The van der Waals surface area contributed by atoms with Crippen molar-refractivity contribution in [2.24, 2.45) is 11.8 Å². The van der Waals surface area contributed by atoms with Gasteiger partial charge in [-0.1, -0.05) is 0 Å². The summed E-state index contributed by atoms with van der Waals surface area (Å²) >= 11 is 0. The number of carbonyl (C=O) groups excluding carboxylic acids is 1. The maximum Gasteiger partial charge on any atom is 0.223 e. The Labute approximate surface area is 177 Å². The first kappa shape index (κ1) is 18.5. The molecule has 2 bridgehead atoms. The van der Waals surface area contributed by atoms with Gasteiger partial charge in [0.05, 0.1) is 11.4 Å². The molecule has 2 aromatic heterocycles. The van der Waals surface area contributed by atoms with E-state index in [1.165, 1.54) is 30.6 Å². The van der Waals surface area contributed by atoms with Crippen LogP contribution in [0.1, 0.15) is 50.1 Å². The summed E-state index contributed by atoms with van der Waals surface area (Å²) in [5.74, 6) is 1.99. The molecule has 6 rings (SSSR count). The number of fused-ring (bicyclic) bond motifs is 5. The predicted molar refractivity (Wildman–Crippen MR) is 113 cm³/mol. The molecule has 160 valence electrons. The molecule has 1 aliphatic carbocycles. The lowest BCUT2D eigenvalue weighted by Gasteiger charge is -2.57. The second kappa shape index (κ2) is 6.90. The monoisotopic (exact) mass is 409 g/mol. The minimum absolute atomic E-state index is 0.301. The summed E-state index contributed by atoms with van der Waals surface area (Å²) in [6, 6.07) is 2.96. The van der Waals surface area contributed by atoms with Crippen LogP contribution in [0.25, 0.3) is 5.65 Å². The molecule has 0 aromatic carbocycles. The summed E-state index contributed by atoms with van der Waals surface area (Å²) in [5, 5.41) is 13.3. The Hall–Kier alpha value is -2.22. The fourth-order valence-corrected chi connectivity index (χ4v) is 6.22. The number of carbonyl (C=O) groups is 1. The molecule has 0 radical (unpaired) electrons. The van der Waals surface area contributed by atoms with Crippen molar-refractivity contribution in [1.82, 2.24) is 29.6 Å². The highest BCUT2D eigenvalue weighted by Crippen LogP contribution is 2.44. The van der Waals surface area contributed by atoms with E-state index in [0.29, 0.717) is 35.7 Å². The largest absolute Gasteiger partial charge is 0.368 e. The third kappa shape index (κ3) is 2.99. The van der Waals surface area contributed by atoms with E-state index in [-0.39, 0.29) is 0 Å². The van der Waals surface area contributed by atoms with Crippen LogP contribution in [0.3, 0.4) is 0 Å². The number of nitrogens with zero attached hydrogens (tertiary/aromatic N) is 7. The molecule has 30 heavy (non-hydrogen) atoms. The van der Waals surface area contributed by atoms with Crippen LogP contribution in [-0.2, 0) is 4.79 Å². The predicted octanol–water partition coefficient (Wildman–Crippen LogP) is 1.77. The van der Waals surface area contributed by atoms with E-state index in [1.807, 2.05) is 4.52 Å². The molecular weight excluding hydrogens is 378 g/mol. The molecule has 5 heterocycles. The highest BCUT2D eigenvalue weighted by Gasteiger charge is 2.49. The van der Waals surface area contributed by atoms with Crippen molar-refractivity contribution in [3.8, 4) is 0 Å². The van der Waals surface area contributed by atoms with E-state index in [4.69, 9.17) is 5.10 Å². The lowest BCUT2D eigenvalue weighted by Crippen LogP contribution is -2.67. The molecular formula is C22H31N7O. The normalized spacial score (nSPS) is 31.5. The Bertz CT molecular complexity index is 968. The highest BCUT2D eigenvalue weighted by atomic mass is 16.2. The SMILES string of the molecule is CN(C)C[C@H]1[C@H]2C[C@H](CN(c3cc(C4CC4)nn4cnnc34)C2)[C@@H]2CCCC(=O)N21. The first-order valence-electron chi connectivity index (χ1n) is 11.5. The van der Waals surface area contributed by atoms with E-state index >= 15 is 0 Å². The van der Waals surface area contributed by atoms with Gasteiger partial charge < -0.3 is 14.7 Å². The minimum Gasteiger partial charge on any atom is -0.368 e. The van der Waals surface area contributed by atoms with E-state index in [9.17, 15) is 4.79 Å². The fourth-order valence-electron chi connectivity index (χ4n) is 6.22. The van der Waals surface area contributed by atoms with Gasteiger partial charge >= 0.3 is 0 Å². The van der Waals surface area contributed by atoms with E-state index in [2.05, 4.69) is 45.1 Å². The lowest BCUT2D eigenvalue weighted by atomic mass is 9.72. The van der Waals surface area contributed by atoms with E-state index in [0.717, 1.165) is 44.5 Å². The number of hydrogen-bond acceptors (Lipinski definition) is 6. The van der Waals surface area contributed by atoms with Gasteiger partial charge in [-0.2, -0.15) is 9.61 Å². The molecule has 1 amide bonds. The Kier molecular flexibility index (Phi) is 4.27. The average molecular weight is 410 g/mol. The first-order chi connectivity index (χ1) is 14.6. The van der Waals surface area contributed by atoms with Crippen molar-refractivity contribution >= 4 is 17.2 Å². The Balaban J connectivity index is 1.38.